The normalized spacial score (nSPS) is 15.5. The van der Waals surface area contributed by atoms with E-state index in [-0.39, 0.29) is 5.91 Å². The summed E-state index contributed by atoms with van der Waals surface area (Å²) in [7, 11) is 0. The number of carbonyl (C=O) groups is 1. The van der Waals surface area contributed by atoms with Crippen LogP contribution in [0.25, 0.3) is 17.0 Å². The molecule has 1 aliphatic rings. The van der Waals surface area contributed by atoms with Crippen LogP contribution >= 0.6 is 35.0 Å². The van der Waals surface area contributed by atoms with Gasteiger partial charge in [0.05, 0.1) is 20.6 Å². The van der Waals surface area contributed by atoms with Gasteiger partial charge in [-0.05, 0) is 72.6 Å². The molecule has 0 unspecified atom stereocenters. The number of rotatable bonds is 7. The lowest BCUT2D eigenvalue weighted by atomic mass is 10.1. The summed E-state index contributed by atoms with van der Waals surface area (Å²) in [5.41, 5.74) is 6.25. The van der Waals surface area contributed by atoms with Crippen LogP contribution < -0.4 is 0 Å². The predicted octanol–water partition coefficient (Wildman–Crippen LogP) is 9.15. The van der Waals surface area contributed by atoms with Crippen LogP contribution in [0.4, 0.5) is 5.69 Å². The molecule has 204 valence electrons. The zero-order chi connectivity index (χ0) is 28.3. The standard InChI is InChI=1S/C34H27Cl2N3OS/c1-23-28(27-14-8-9-15-31(27)39(23)22-25-16-17-29(35)30(36)20-25)21-32-33(40)38(19-18-24-10-4-2-5-11-24)34(41-32)37-26-12-6-3-7-13-26/h2-17,20-21H,18-19,22H2,1H3/b32-21+,37-34?. The first-order valence-corrected chi connectivity index (χ1v) is 15.0. The molecule has 1 aliphatic heterocycles. The largest absolute Gasteiger partial charge is 0.340 e. The highest BCUT2D eigenvalue weighted by Crippen LogP contribution is 2.37. The molecular weight excluding hydrogens is 569 g/mol. The van der Waals surface area contributed by atoms with Crippen LogP contribution in [0, 0.1) is 6.92 Å². The molecule has 0 N–H and O–H groups in total. The minimum atomic E-state index is -0.0265. The monoisotopic (exact) mass is 595 g/mol. The first-order chi connectivity index (χ1) is 20.0. The third-order valence-corrected chi connectivity index (χ3v) is 8.96. The maximum absolute atomic E-state index is 13.9. The third kappa shape index (κ3) is 5.84. The summed E-state index contributed by atoms with van der Waals surface area (Å²) in [6.07, 6.45) is 2.77. The van der Waals surface area contributed by atoms with Gasteiger partial charge in [-0.25, -0.2) is 4.99 Å². The summed E-state index contributed by atoms with van der Waals surface area (Å²) in [5, 5.41) is 2.86. The second-order valence-electron chi connectivity index (χ2n) is 9.88. The van der Waals surface area contributed by atoms with Gasteiger partial charge in [-0.15, -0.1) is 0 Å². The fraction of sp³-hybridized carbons (Fsp3) is 0.118. The highest BCUT2D eigenvalue weighted by Gasteiger charge is 2.33. The topological polar surface area (TPSA) is 37.6 Å². The predicted molar refractivity (Wildman–Crippen MR) is 173 cm³/mol. The molecule has 0 saturated carbocycles. The van der Waals surface area contributed by atoms with Crippen molar-refractivity contribution in [3.8, 4) is 0 Å². The molecule has 0 spiro atoms. The first-order valence-electron chi connectivity index (χ1n) is 13.4. The summed E-state index contributed by atoms with van der Waals surface area (Å²) >= 11 is 13.9. The highest BCUT2D eigenvalue weighted by atomic mass is 35.5. The maximum Gasteiger partial charge on any atom is 0.266 e. The first kappa shape index (κ1) is 27.4. The van der Waals surface area contributed by atoms with Gasteiger partial charge >= 0.3 is 0 Å². The van der Waals surface area contributed by atoms with Crippen LogP contribution in [0.15, 0.2) is 113 Å². The Morgan fingerprint density at radius 1 is 0.829 bits per heavy atom. The fourth-order valence-corrected chi connectivity index (χ4v) is 6.41. The van der Waals surface area contributed by atoms with Crippen molar-refractivity contribution in [2.45, 2.75) is 19.9 Å². The Kier molecular flexibility index (Phi) is 8.02. The van der Waals surface area contributed by atoms with Gasteiger partial charge in [0.1, 0.15) is 0 Å². The molecule has 7 heteroatoms. The van der Waals surface area contributed by atoms with Gasteiger partial charge in [-0.1, -0.05) is 96.0 Å². The number of nitrogens with zero attached hydrogens (tertiary/aromatic N) is 3. The van der Waals surface area contributed by atoms with E-state index in [0.717, 1.165) is 39.8 Å². The Hall–Kier alpha value is -3.77. The molecule has 1 amide bonds. The van der Waals surface area contributed by atoms with Gasteiger partial charge in [0, 0.05) is 35.2 Å². The number of halogens is 2. The number of amides is 1. The lowest BCUT2D eigenvalue weighted by Crippen LogP contribution is -2.31. The minimum Gasteiger partial charge on any atom is -0.340 e. The lowest BCUT2D eigenvalue weighted by Gasteiger charge is -2.15. The van der Waals surface area contributed by atoms with Gasteiger partial charge in [0.25, 0.3) is 5.91 Å². The van der Waals surface area contributed by atoms with Gasteiger partial charge in [0.2, 0.25) is 0 Å². The van der Waals surface area contributed by atoms with Crippen LogP contribution in [-0.4, -0.2) is 27.1 Å². The van der Waals surface area contributed by atoms with Crippen molar-refractivity contribution in [3.63, 3.8) is 0 Å². The summed E-state index contributed by atoms with van der Waals surface area (Å²) < 4.78 is 2.26. The van der Waals surface area contributed by atoms with Crippen molar-refractivity contribution in [3.05, 3.63) is 140 Å². The van der Waals surface area contributed by atoms with Crippen molar-refractivity contribution < 1.29 is 4.79 Å². The Morgan fingerprint density at radius 2 is 1.54 bits per heavy atom. The maximum atomic E-state index is 13.9. The average Bonchev–Trinajstić information content (AvgIpc) is 3.43. The molecule has 4 aromatic carbocycles. The van der Waals surface area contributed by atoms with E-state index in [2.05, 4.69) is 35.8 Å². The number of aliphatic imine (C=N–C) groups is 1. The van der Waals surface area contributed by atoms with Crippen molar-refractivity contribution in [1.82, 2.24) is 9.47 Å². The summed E-state index contributed by atoms with van der Waals surface area (Å²) in [5.74, 6) is -0.0265. The molecule has 1 fully saturated rings. The van der Waals surface area contributed by atoms with E-state index < -0.39 is 0 Å². The molecule has 4 nitrogen and oxygen atoms in total. The molecule has 0 radical (unpaired) electrons. The number of aromatic nitrogens is 1. The quantitative estimate of drug-likeness (QED) is 0.176. The highest BCUT2D eigenvalue weighted by molar-refractivity contribution is 8.18. The number of benzene rings is 4. The summed E-state index contributed by atoms with van der Waals surface area (Å²) in [6.45, 7) is 3.29. The Bertz CT molecular complexity index is 1800. The average molecular weight is 597 g/mol. The minimum absolute atomic E-state index is 0.0265. The SMILES string of the molecule is Cc1c(/C=C2/SC(=Nc3ccccc3)N(CCc3ccccc3)C2=O)c2ccccc2n1Cc1ccc(Cl)c(Cl)c1. The summed E-state index contributed by atoms with van der Waals surface area (Å²) in [6, 6.07) is 34.0. The molecule has 1 aromatic heterocycles. The van der Waals surface area contributed by atoms with Gasteiger partial charge in [0.15, 0.2) is 5.17 Å². The van der Waals surface area contributed by atoms with E-state index >= 15 is 0 Å². The van der Waals surface area contributed by atoms with Crippen LogP contribution in [0.1, 0.15) is 22.4 Å². The number of thioether (sulfide) groups is 1. The molecule has 0 bridgehead atoms. The number of hydrogen-bond donors (Lipinski definition) is 0. The van der Waals surface area contributed by atoms with E-state index in [1.54, 1.807) is 4.90 Å². The van der Waals surface area contributed by atoms with Crippen molar-refractivity contribution in [1.29, 1.82) is 0 Å². The molecule has 2 heterocycles. The molecule has 0 aliphatic carbocycles. The van der Waals surface area contributed by atoms with Crippen molar-refractivity contribution >= 4 is 68.7 Å². The number of hydrogen-bond acceptors (Lipinski definition) is 3. The number of para-hydroxylation sites is 2. The zero-order valence-electron chi connectivity index (χ0n) is 22.4. The molecule has 6 rings (SSSR count). The van der Waals surface area contributed by atoms with E-state index in [1.807, 2.05) is 84.9 Å². The van der Waals surface area contributed by atoms with Crippen LogP contribution in [-0.2, 0) is 17.8 Å². The number of carbonyl (C=O) groups excluding carboxylic acids is 1. The second-order valence-corrected chi connectivity index (χ2v) is 11.7. The molecule has 0 atom stereocenters. The van der Waals surface area contributed by atoms with Crippen molar-refractivity contribution in [2.24, 2.45) is 4.99 Å². The lowest BCUT2D eigenvalue weighted by molar-refractivity contribution is -0.122. The van der Waals surface area contributed by atoms with E-state index in [9.17, 15) is 4.79 Å². The molecule has 41 heavy (non-hydrogen) atoms. The zero-order valence-corrected chi connectivity index (χ0v) is 24.8. The second kappa shape index (κ2) is 12.0. The number of fused-ring (bicyclic) bond motifs is 1. The molecular formula is C34H27Cl2N3OS. The third-order valence-electron chi connectivity index (χ3n) is 7.22. The molecule has 1 saturated heterocycles. The molecule has 5 aromatic rings. The Morgan fingerprint density at radius 3 is 2.29 bits per heavy atom. The van der Waals surface area contributed by atoms with Crippen molar-refractivity contribution in [2.75, 3.05) is 6.54 Å². The Balaban J connectivity index is 1.38. The van der Waals surface area contributed by atoms with Crippen LogP contribution in [0.2, 0.25) is 10.0 Å². The van der Waals surface area contributed by atoms with Crippen LogP contribution in [0.3, 0.4) is 0 Å². The van der Waals surface area contributed by atoms with E-state index in [1.165, 1.54) is 17.3 Å². The smallest absolute Gasteiger partial charge is 0.266 e. The van der Waals surface area contributed by atoms with Gasteiger partial charge in [-0.3, -0.25) is 9.69 Å². The Labute approximate surface area is 253 Å². The van der Waals surface area contributed by atoms with Crippen LogP contribution in [0.5, 0.6) is 0 Å². The van der Waals surface area contributed by atoms with E-state index in [4.69, 9.17) is 28.2 Å². The number of amidine groups is 1. The fourth-order valence-electron chi connectivity index (χ4n) is 5.08. The van der Waals surface area contributed by atoms with Gasteiger partial charge in [-0.2, -0.15) is 0 Å². The summed E-state index contributed by atoms with van der Waals surface area (Å²) in [4.78, 5) is 21.2. The van der Waals surface area contributed by atoms with Gasteiger partial charge < -0.3 is 4.57 Å². The van der Waals surface area contributed by atoms with E-state index in [0.29, 0.717) is 33.2 Å².